The number of hydrogen-bond donors (Lipinski definition) is 0. The Morgan fingerprint density at radius 3 is 1.53 bits per heavy atom. The molecule has 0 nitrogen and oxygen atoms in total. The molecule has 0 aromatic rings. The van der Waals surface area contributed by atoms with E-state index in [1.54, 1.807) is 0 Å². The van der Waals surface area contributed by atoms with E-state index in [4.69, 9.17) is 0 Å². The second-order valence-electron chi connectivity index (χ2n) is 8.02. The summed E-state index contributed by atoms with van der Waals surface area (Å²) < 4.78 is 0. The van der Waals surface area contributed by atoms with Crippen molar-refractivity contribution in [3.05, 3.63) is 0 Å². The summed E-state index contributed by atoms with van der Waals surface area (Å²) in [4.78, 5) is 0. The Morgan fingerprint density at radius 2 is 1.21 bits per heavy atom. The summed E-state index contributed by atoms with van der Waals surface area (Å²) in [6, 6.07) is 0. The van der Waals surface area contributed by atoms with Crippen molar-refractivity contribution in [3.63, 3.8) is 0 Å². The van der Waals surface area contributed by atoms with Gasteiger partial charge in [-0.2, -0.15) is 0 Å². The highest BCUT2D eigenvalue weighted by Gasteiger charge is 2.35. The molecule has 0 saturated carbocycles. The lowest BCUT2D eigenvalue weighted by molar-refractivity contribution is 0.0671. The first-order valence-corrected chi connectivity index (χ1v) is 8.60. The molecular formula is C19H40. The van der Waals surface area contributed by atoms with Crippen LogP contribution in [0.2, 0.25) is 0 Å². The van der Waals surface area contributed by atoms with Gasteiger partial charge in [0.2, 0.25) is 0 Å². The summed E-state index contributed by atoms with van der Waals surface area (Å²) in [6.45, 7) is 24.3. The molecule has 0 aromatic carbocycles. The molecule has 0 amide bonds. The van der Waals surface area contributed by atoms with Crippen LogP contribution in [0.1, 0.15) is 82.1 Å². The van der Waals surface area contributed by atoms with Gasteiger partial charge < -0.3 is 0 Å². The fraction of sp³-hybridized carbons (Fsp3) is 1.00. The van der Waals surface area contributed by atoms with E-state index in [9.17, 15) is 0 Å². The first kappa shape index (κ1) is 19.0. The Bertz CT molecular complexity index is 238. The molecular weight excluding hydrogens is 228 g/mol. The lowest BCUT2D eigenvalue weighted by Gasteiger charge is -2.42. The van der Waals surface area contributed by atoms with Crippen LogP contribution in [0, 0.1) is 40.9 Å². The van der Waals surface area contributed by atoms with E-state index in [-0.39, 0.29) is 0 Å². The van der Waals surface area contributed by atoms with Gasteiger partial charge in [0.15, 0.2) is 0 Å². The zero-order chi connectivity index (χ0) is 15.4. The second kappa shape index (κ2) is 7.70. The predicted molar refractivity (Wildman–Crippen MR) is 89.3 cm³/mol. The van der Waals surface area contributed by atoms with Gasteiger partial charge in [-0.3, -0.25) is 0 Å². The minimum atomic E-state index is 0.466. The van der Waals surface area contributed by atoms with Gasteiger partial charge in [-0.1, -0.05) is 82.1 Å². The molecule has 0 fully saturated rings. The lowest BCUT2D eigenvalue weighted by atomic mass is 9.63. The van der Waals surface area contributed by atoms with Gasteiger partial charge in [-0.15, -0.1) is 0 Å². The van der Waals surface area contributed by atoms with Gasteiger partial charge in [0.25, 0.3) is 0 Å². The van der Waals surface area contributed by atoms with Crippen molar-refractivity contribution >= 4 is 0 Å². The maximum Gasteiger partial charge on any atom is -0.0329 e. The van der Waals surface area contributed by atoms with Gasteiger partial charge in [0.05, 0.1) is 0 Å². The largest absolute Gasteiger partial charge is 0.0651 e. The van der Waals surface area contributed by atoms with Crippen LogP contribution in [0.25, 0.3) is 0 Å². The summed E-state index contributed by atoms with van der Waals surface area (Å²) in [5.74, 6) is 4.92. The molecule has 0 N–H and O–H groups in total. The van der Waals surface area contributed by atoms with Gasteiger partial charge >= 0.3 is 0 Å². The maximum absolute atomic E-state index is 2.50. The quantitative estimate of drug-likeness (QED) is 0.462. The van der Waals surface area contributed by atoms with E-state index in [2.05, 4.69) is 69.2 Å². The smallest absolute Gasteiger partial charge is 0.0329 e. The average molecular weight is 269 g/mol. The van der Waals surface area contributed by atoms with Gasteiger partial charge in [0.1, 0.15) is 0 Å². The molecule has 0 rings (SSSR count). The third-order valence-electron chi connectivity index (χ3n) is 6.64. The SMILES string of the molecule is CCC(C(C)C(C)C(C)C)C(C)C(C)C(C)(C)CC. The highest BCUT2D eigenvalue weighted by molar-refractivity contribution is 4.84. The van der Waals surface area contributed by atoms with E-state index in [0.29, 0.717) is 5.41 Å². The van der Waals surface area contributed by atoms with Crippen molar-refractivity contribution in [2.24, 2.45) is 40.9 Å². The molecule has 116 valence electrons. The molecule has 0 aromatic heterocycles. The molecule has 5 unspecified atom stereocenters. The standard InChI is InChI=1S/C19H40/c1-11-18(15(6)14(5)13(3)4)16(7)17(8)19(9,10)12-2/h13-18H,11-12H2,1-10H3. The van der Waals surface area contributed by atoms with E-state index in [1.165, 1.54) is 12.8 Å². The van der Waals surface area contributed by atoms with E-state index in [1.807, 2.05) is 0 Å². The van der Waals surface area contributed by atoms with Gasteiger partial charge in [-0.05, 0) is 40.9 Å². The molecule has 5 atom stereocenters. The molecule has 0 radical (unpaired) electrons. The van der Waals surface area contributed by atoms with Crippen LogP contribution in [0.15, 0.2) is 0 Å². The van der Waals surface area contributed by atoms with Crippen molar-refractivity contribution in [1.29, 1.82) is 0 Å². The van der Waals surface area contributed by atoms with Crippen molar-refractivity contribution in [3.8, 4) is 0 Å². The zero-order valence-electron chi connectivity index (χ0n) is 15.4. The van der Waals surface area contributed by atoms with Gasteiger partial charge in [-0.25, -0.2) is 0 Å². The van der Waals surface area contributed by atoms with Gasteiger partial charge in [0, 0.05) is 0 Å². The molecule has 0 aliphatic rings. The van der Waals surface area contributed by atoms with Crippen LogP contribution in [-0.2, 0) is 0 Å². The number of rotatable bonds is 8. The highest BCUT2D eigenvalue weighted by Crippen LogP contribution is 2.43. The summed E-state index contributed by atoms with van der Waals surface area (Å²) in [7, 11) is 0. The molecule has 19 heavy (non-hydrogen) atoms. The fourth-order valence-electron chi connectivity index (χ4n) is 3.62. The predicted octanol–water partition coefficient (Wildman–Crippen LogP) is 6.65. The minimum Gasteiger partial charge on any atom is -0.0651 e. The molecule has 0 spiro atoms. The first-order valence-electron chi connectivity index (χ1n) is 8.60. The van der Waals surface area contributed by atoms with Crippen LogP contribution >= 0.6 is 0 Å². The summed E-state index contributed by atoms with van der Waals surface area (Å²) >= 11 is 0. The van der Waals surface area contributed by atoms with Crippen molar-refractivity contribution in [2.75, 3.05) is 0 Å². The van der Waals surface area contributed by atoms with Crippen molar-refractivity contribution < 1.29 is 0 Å². The lowest BCUT2D eigenvalue weighted by Crippen LogP contribution is -2.35. The van der Waals surface area contributed by atoms with Crippen LogP contribution in [0.5, 0.6) is 0 Å². The van der Waals surface area contributed by atoms with Crippen molar-refractivity contribution in [1.82, 2.24) is 0 Å². The first-order chi connectivity index (χ1) is 8.60. The van der Waals surface area contributed by atoms with E-state index >= 15 is 0 Å². The summed E-state index contributed by atoms with van der Waals surface area (Å²) in [5.41, 5.74) is 0.466. The Balaban J connectivity index is 4.95. The Kier molecular flexibility index (Phi) is 7.70. The Labute approximate surface area is 123 Å². The summed E-state index contributed by atoms with van der Waals surface area (Å²) in [5, 5.41) is 0. The third-order valence-corrected chi connectivity index (χ3v) is 6.64. The topological polar surface area (TPSA) is 0 Å². The van der Waals surface area contributed by atoms with E-state index in [0.717, 1.165) is 35.5 Å². The normalized spacial score (nSPS) is 21.0. The highest BCUT2D eigenvalue weighted by atomic mass is 14.4. The Morgan fingerprint density at radius 1 is 0.737 bits per heavy atom. The molecule has 0 heterocycles. The van der Waals surface area contributed by atoms with Crippen LogP contribution in [-0.4, -0.2) is 0 Å². The maximum atomic E-state index is 2.50. The fourth-order valence-corrected chi connectivity index (χ4v) is 3.62. The monoisotopic (exact) mass is 268 g/mol. The molecule has 0 aliphatic heterocycles. The van der Waals surface area contributed by atoms with Crippen LogP contribution in [0.4, 0.5) is 0 Å². The second-order valence-corrected chi connectivity index (χ2v) is 8.02. The molecule has 0 aliphatic carbocycles. The summed E-state index contributed by atoms with van der Waals surface area (Å²) in [6.07, 6.45) is 2.60. The average Bonchev–Trinajstić information content (AvgIpc) is 2.36. The number of hydrogen-bond acceptors (Lipinski definition) is 0. The van der Waals surface area contributed by atoms with E-state index < -0.39 is 0 Å². The molecule has 0 heteroatoms. The van der Waals surface area contributed by atoms with Crippen molar-refractivity contribution in [2.45, 2.75) is 82.1 Å². The minimum absolute atomic E-state index is 0.466. The zero-order valence-corrected chi connectivity index (χ0v) is 15.4. The Hall–Kier alpha value is 0. The molecule has 0 bridgehead atoms. The van der Waals surface area contributed by atoms with Crippen LogP contribution in [0.3, 0.4) is 0 Å². The third kappa shape index (κ3) is 4.80. The molecule has 0 saturated heterocycles. The van der Waals surface area contributed by atoms with Crippen LogP contribution < -0.4 is 0 Å².